The van der Waals surface area contributed by atoms with Crippen LogP contribution in [0.3, 0.4) is 0 Å². The van der Waals surface area contributed by atoms with E-state index in [1.165, 1.54) is 0 Å². The van der Waals surface area contributed by atoms with Crippen molar-refractivity contribution in [3.8, 4) is 11.8 Å². The lowest BCUT2D eigenvalue weighted by atomic mass is 10.2. The number of primary amides is 1. The number of pyridine rings is 1. The second-order valence-electron chi connectivity index (χ2n) is 3.84. The van der Waals surface area contributed by atoms with E-state index in [0.717, 1.165) is 5.56 Å². The summed E-state index contributed by atoms with van der Waals surface area (Å²) in [4.78, 5) is 14.8. The first-order valence-corrected chi connectivity index (χ1v) is 5.57. The van der Waals surface area contributed by atoms with Crippen LogP contribution >= 0.6 is 0 Å². The molecule has 0 saturated carbocycles. The molecule has 19 heavy (non-hydrogen) atoms. The first-order chi connectivity index (χ1) is 9.19. The topological polar surface area (TPSA) is 89.0 Å². The van der Waals surface area contributed by atoms with E-state index in [9.17, 15) is 4.79 Å². The minimum absolute atomic E-state index is 0.327. The molecule has 1 amide bonds. The molecule has 2 aromatic rings. The van der Waals surface area contributed by atoms with Crippen LogP contribution in [0.5, 0.6) is 5.75 Å². The molecule has 1 heterocycles. The van der Waals surface area contributed by atoms with Crippen molar-refractivity contribution >= 4 is 5.91 Å². The van der Waals surface area contributed by atoms with E-state index in [4.69, 9.17) is 15.7 Å². The summed E-state index contributed by atoms with van der Waals surface area (Å²) < 4.78 is 5.54. The third-order valence-corrected chi connectivity index (χ3v) is 2.48. The Balaban J connectivity index is 2.02. The van der Waals surface area contributed by atoms with Crippen molar-refractivity contribution in [3.63, 3.8) is 0 Å². The number of nitrogens with zero attached hydrogens (tertiary/aromatic N) is 2. The quantitative estimate of drug-likeness (QED) is 0.896. The molecular formula is C14H11N3O2. The van der Waals surface area contributed by atoms with Crippen molar-refractivity contribution in [2.24, 2.45) is 5.73 Å². The molecule has 0 atom stereocenters. The Morgan fingerprint density at radius 2 is 2.05 bits per heavy atom. The number of carbonyl (C=O) groups is 1. The lowest BCUT2D eigenvalue weighted by Gasteiger charge is -2.06. The third kappa shape index (κ3) is 3.30. The Morgan fingerprint density at radius 1 is 1.32 bits per heavy atom. The normalized spacial score (nSPS) is 9.63. The van der Waals surface area contributed by atoms with Gasteiger partial charge in [0.25, 0.3) is 0 Å². The highest BCUT2D eigenvalue weighted by atomic mass is 16.5. The zero-order valence-electron chi connectivity index (χ0n) is 10.0. The number of nitriles is 1. The van der Waals surface area contributed by atoms with Gasteiger partial charge in [-0.05, 0) is 42.0 Å². The van der Waals surface area contributed by atoms with Crippen molar-refractivity contribution in [2.45, 2.75) is 6.61 Å². The van der Waals surface area contributed by atoms with Gasteiger partial charge in [-0.25, -0.2) is 4.98 Å². The Bertz CT molecular complexity index is 630. The lowest BCUT2D eigenvalue weighted by Crippen LogP contribution is -2.10. The van der Waals surface area contributed by atoms with Crippen LogP contribution in [-0.2, 0) is 6.61 Å². The van der Waals surface area contributed by atoms with Crippen LogP contribution in [0, 0.1) is 11.3 Å². The zero-order chi connectivity index (χ0) is 13.7. The number of rotatable bonds is 4. The SMILES string of the molecule is N#Cc1cc(COc2ccc(C(N)=O)cc2)ccn1. The van der Waals surface area contributed by atoms with E-state index in [2.05, 4.69) is 4.98 Å². The van der Waals surface area contributed by atoms with Gasteiger partial charge in [0.2, 0.25) is 5.91 Å². The van der Waals surface area contributed by atoms with Gasteiger partial charge in [-0.2, -0.15) is 5.26 Å². The summed E-state index contributed by atoms with van der Waals surface area (Å²) in [7, 11) is 0. The van der Waals surface area contributed by atoms with Crippen LogP contribution in [-0.4, -0.2) is 10.9 Å². The molecule has 1 aromatic carbocycles. The summed E-state index contributed by atoms with van der Waals surface area (Å²) in [5, 5.41) is 8.73. The first kappa shape index (κ1) is 12.6. The summed E-state index contributed by atoms with van der Waals surface area (Å²) in [5.74, 6) is 0.152. The van der Waals surface area contributed by atoms with Gasteiger partial charge in [-0.15, -0.1) is 0 Å². The maximum Gasteiger partial charge on any atom is 0.248 e. The molecule has 5 nitrogen and oxygen atoms in total. The molecule has 0 aliphatic rings. The van der Waals surface area contributed by atoms with Crippen LogP contribution in [0.1, 0.15) is 21.6 Å². The lowest BCUT2D eigenvalue weighted by molar-refractivity contribution is 0.100. The minimum atomic E-state index is -0.473. The van der Waals surface area contributed by atoms with E-state index in [1.54, 1.807) is 42.6 Å². The van der Waals surface area contributed by atoms with Crippen LogP contribution in [0.4, 0.5) is 0 Å². The average molecular weight is 253 g/mol. The van der Waals surface area contributed by atoms with Gasteiger partial charge in [0.1, 0.15) is 24.1 Å². The number of nitrogens with two attached hydrogens (primary N) is 1. The zero-order valence-corrected chi connectivity index (χ0v) is 10.0. The number of amides is 1. The van der Waals surface area contributed by atoms with Crippen molar-refractivity contribution in [1.82, 2.24) is 4.98 Å². The van der Waals surface area contributed by atoms with E-state index in [-0.39, 0.29) is 0 Å². The molecule has 0 fully saturated rings. The van der Waals surface area contributed by atoms with Crippen molar-refractivity contribution < 1.29 is 9.53 Å². The maximum absolute atomic E-state index is 10.9. The average Bonchev–Trinajstić information content (AvgIpc) is 2.46. The van der Waals surface area contributed by atoms with E-state index >= 15 is 0 Å². The van der Waals surface area contributed by atoms with Gasteiger partial charge in [0, 0.05) is 11.8 Å². The number of carbonyl (C=O) groups excluding carboxylic acids is 1. The smallest absolute Gasteiger partial charge is 0.248 e. The van der Waals surface area contributed by atoms with Crippen LogP contribution in [0.2, 0.25) is 0 Å². The Labute approximate surface area is 110 Å². The van der Waals surface area contributed by atoms with Gasteiger partial charge in [0.05, 0.1) is 0 Å². The van der Waals surface area contributed by atoms with Crippen LogP contribution < -0.4 is 10.5 Å². The molecule has 0 bridgehead atoms. The Hall–Kier alpha value is -2.87. The van der Waals surface area contributed by atoms with Gasteiger partial charge < -0.3 is 10.5 Å². The summed E-state index contributed by atoms with van der Waals surface area (Å²) in [6.07, 6.45) is 1.56. The molecule has 0 unspecified atom stereocenters. The van der Waals surface area contributed by atoms with E-state index < -0.39 is 5.91 Å². The van der Waals surface area contributed by atoms with E-state index in [0.29, 0.717) is 23.6 Å². The number of ether oxygens (including phenoxy) is 1. The van der Waals surface area contributed by atoms with Crippen LogP contribution in [0.25, 0.3) is 0 Å². The van der Waals surface area contributed by atoms with Crippen LogP contribution in [0.15, 0.2) is 42.6 Å². The molecule has 0 aliphatic carbocycles. The molecule has 0 saturated heterocycles. The summed E-state index contributed by atoms with van der Waals surface area (Å²) in [6.45, 7) is 0.327. The number of aromatic nitrogens is 1. The number of hydrogen-bond donors (Lipinski definition) is 1. The highest BCUT2D eigenvalue weighted by Gasteiger charge is 2.01. The second-order valence-corrected chi connectivity index (χ2v) is 3.84. The molecule has 0 aliphatic heterocycles. The predicted molar refractivity (Wildman–Crippen MR) is 68.2 cm³/mol. The molecule has 1 aromatic heterocycles. The monoisotopic (exact) mass is 253 g/mol. The number of hydrogen-bond acceptors (Lipinski definition) is 4. The van der Waals surface area contributed by atoms with Gasteiger partial charge in [-0.1, -0.05) is 0 Å². The molecule has 94 valence electrons. The molecular weight excluding hydrogens is 242 g/mol. The fourth-order valence-electron chi connectivity index (χ4n) is 1.51. The molecule has 2 rings (SSSR count). The number of benzene rings is 1. The highest BCUT2D eigenvalue weighted by molar-refractivity contribution is 5.92. The fourth-order valence-corrected chi connectivity index (χ4v) is 1.51. The van der Waals surface area contributed by atoms with Crippen molar-refractivity contribution in [3.05, 3.63) is 59.4 Å². The highest BCUT2D eigenvalue weighted by Crippen LogP contribution is 2.14. The minimum Gasteiger partial charge on any atom is -0.489 e. The molecule has 2 N–H and O–H groups in total. The van der Waals surface area contributed by atoms with Gasteiger partial charge >= 0.3 is 0 Å². The summed E-state index contributed by atoms with van der Waals surface area (Å²) in [6, 6.07) is 12.0. The molecule has 0 spiro atoms. The Kier molecular flexibility index (Phi) is 3.74. The summed E-state index contributed by atoms with van der Waals surface area (Å²) in [5.41, 5.74) is 6.78. The van der Waals surface area contributed by atoms with Gasteiger partial charge in [-0.3, -0.25) is 4.79 Å². The fraction of sp³-hybridized carbons (Fsp3) is 0.0714. The molecule has 5 heteroatoms. The largest absolute Gasteiger partial charge is 0.489 e. The summed E-state index contributed by atoms with van der Waals surface area (Å²) >= 11 is 0. The first-order valence-electron chi connectivity index (χ1n) is 5.57. The Morgan fingerprint density at radius 3 is 2.68 bits per heavy atom. The molecule has 0 radical (unpaired) electrons. The van der Waals surface area contributed by atoms with Gasteiger partial charge in [0.15, 0.2) is 0 Å². The van der Waals surface area contributed by atoms with Crippen molar-refractivity contribution in [1.29, 1.82) is 5.26 Å². The van der Waals surface area contributed by atoms with Crippen molar-refractivity contribution in [2.75, 3.05) is 0 Å². The predicted octanol–water partition coefficient (Wildman–Crippen LogP) is 1.63. The second kappa shape index (κ2) is 5.65. The maximum atomic E-state index is 10.9. The standard InChI is InChI=1S/C14H11N3O2/c15-8-12-7-10(5-6-17-12)9-19-13-3-1-11(2-4-13)14(16)18/h1-7H,9H2,(H2,16,18). The van der Waals surface area contributed by atoms with E-state index in [1.807, 2.05) is 6.07 Å². The third-order valence-electron chi connectivity index (χ3n) is 2.48.